The van der Waals surface area contributed by atoms with Crippen molar-refractivity contribution in [2.45, 2.75) is 52.6 Å². The quantitative estimate of drug-likeness (QED) is 0.882. The van der Waals surface area contributed by atoms with Gasteiger partial charge in [-0.1, -0.05) is 31.8 Å². The summed E-state index contributed by atoms with van der Waals surface area (Å²) in [7, 11) is 0. The summed E-state index contributed by atoms with van der Waals surface area (Å²) in [5.74, 6) is 2.34. The van der Waals surface area contributed by atoms with Crippen molar-refractivity contribution >= 4 is 5.91 Å². The molecule has 6 nitrogen and oxygen atoms in total. The van der Waals surface area contributed by atoms with E-state index in [2.05, 4.69) is 34.1 Å². The highest BCUT2D eigenvalue weighted by atomic mass is 16.5. The number of aromatic nitrogens is 1. The molecular weight excluding hydrogens is 316 g/mol. The highest BCUT2D eigenvalue weighted by molar-refractivity contribution is 5.78. The van der Waals surface area contributed by atoms with Crippen molar-refractivity contribution in [1.29, 1.82) is 0 Å². The number of nitrogens with one attached hydrogen (secondary N) is 1. The van der Waals surface area contributed by atoms with Crippen molar-refractivity contribution in [2.24, 2.45) is 11.8 Å². The molecular formula is C19H32N4O2. The maximum atomic E-state index is 12.4. The van der Waals surface area contributed by atoms with E-state index in [1.807, 2.05) is 13.0 Å². The molecule has 0 spiro atoms. The molecule has 140 valence electrons. The second-order valence-electron chi connectivity index (χ2n) is 7.92. The molecule has 1 aliphatic carbocycles. The first-order valence-electron chi connectivity index (χ1n) is 9.67. The molecule has 25 heavy (non-hydrogen) atoms. The summed E-state index contributed by atoms with van der Waals surface area (Å²) in [6.07, 6.45) is 3.65. The Balaban J connectivity index is 1.39. The van der Waals surface area contributed by atoms with Gasteiger partial charge in [-0.15, -0.1) is 0 Å². The SMILES string of the molecule is Cc1cc(CN2CCN(CC(=O)N[C@@H]3CCC[C@H](C)[C@H]3C)CC2)no1. The molecule has 0 aromatic carbocycles. The minimum absolute atomic E-state index is 0.187. The average Bonchev–Trinajstić information content (AvgIpc) is 2.99. The van der Waals surface area contributed by atoms with Crippen molar-refractivity contribution in [2.75, 3.05) is 32.7 Å². The summed E-state index contributed by atoms with van der Waals surface area (Å²) in [6, 6.07) is 2.35. The van der Waals surface area contributed by atoms with Crippen LogP contribution in [-0.4, -0.2) is 59.6 Å². The van der Waals surface area contributed by atoms with Gasteiger partial charge in [-0.3, -0.25) is 14.6 Å². The summed E-state index contributed by atoms with van der Waals surface area (Å²) in [6.45, 7) is 11.6. The van der Waals surface area contributed by atoms with Gasteiger partial charge in [0.1, 0.15) is 5.76 Å². The van der Waals surface area contributed by atoms with Gasteiger partial charge in [0.25, 0.3) is 0 Å². The Morgan fingerprint density at radius 1 is 1.24 bits per heavy atom. The van der Waals surface area contributed by atoms with Gasteiger partial charge >= 0.3 is 0 Å². The molecule has 1 saturated carbocycles. The maximum Gasteiger partial charge on any atom is 0.234 e. The molecule has 0 unspecified atom stereocenters. The fourth-order valence-corrected chi connectivity index (χ4v) is 4.07. The topological polar surface area (TPSA) is 61.6 Å². The van der Waals surface area contributed by atoms with E-state index < -0.39 is 0 Å². The summed E-state index contributed by atoms with van der Waals surface area (Å²) in [5.41, 5.74) is 0.990. The Kier molecular flexibility index (Phi) is 6.12. The van der Waals surface area contributed by atoms with Crippen molar-refractivity contribution in [3.8, 4) is 0 Å². The molecule has 2 fully saturated rings. The van der Waals surface area contributed by atoms with Crippen LogP contribution in [0.5, 0.6) is 0 Å². The van der Waals surface area contributed by atoms with Crippen LogP contribution in [-0.2, 0) is 11.3 Å². The highest BCUT2D eigenvalue weighted by Crippen LogP contribution is 2.29. The molecule has 1 amide bonds. The number of amides is 1. The number of aryl methyl sites for hydroxylation is 1. The number of piperazine rings is 1. The summed E-state index contributed by atoms with van der Waals surface area (Å²) in [4.78, 5) is 17.1. The van der Waals surface area contributed by atoms with E-state index in [4.69, 9.17) is 4.52 Å². The van der Waals surface area contributed by atoms with Gasteiger partial charge in [0.2, 0.25) is 5.91 Å². The number of nitrogens with zero attached hydrogens (tertiary/aromatic N) is 3. The molecule has 0 radical (unpaired) electrons. The molecule has 2 heterocycles. The van der Waals surface area contributed by atoms with Crippen LogP contribution in [0.2, 0.25) is 0 Å². The van der Waals surface area contributed by atoms with Crippen molar-refractivity contribution in [1.82, 2.24) is 20.3 Å². The normalized spacial score (nSPS) is 28.8. The standard InChI is InChI=1S/C19H32N4O2/c1-14-5-4-6-18(16(14)3)20-19(24)13-23-9-7-22(8-10-23)12-17-11-15(2)25-21-17/h11,14,16,18H,4-10,12-13H2,1-3H3,(H,20,24)/t14-,16+,18+/m0/s1. The third kappa shape index (κ3) is 5.05. The molecule has 6 heteroatoms. The van der Waals surface area contributed by atoms with E-state index in [-0.39, 0.29) is 5.91 Å². The predicted molar refractivity (Wildman–Crippen MR) is 97.1 cm³/mol. The van der Waals surface area contributed by atoms with E-state index in [0.717, 1.165) is 50.6 Å². The van der Waals surface area contributed by atoms with E-state index >= 15 is 0 Å². The maximum absolute atomic E-state index is 12.4. The Morgan fingerprint density at radius 3 is 2.64 bits per heavy atom. The zero-order valence-corrected chi connectivity index (χ0v) is 15.8. The van der Waals surface area contributed by atoms with Crippen LogP contribution in [0.3, 0.4) is 0 Å². The van der Waals surface area contributed by atoms with Crippen LogP contribution >= 0.6 is 0 Å². The lowest BCUT2D eigenvalue weighted by atomic mass is 9.78. The highest BCUT2D eigenvalue weighted by Gasteiger charge is 2.28. The van der Waals surface area contributed by atoms with Crippen LogP contribution in [0.25, 0.3) is 0 Å². The molecule has 1 N–H and O–H groups in total. The Morgan fingerprint density at radius 2 is 1.96 bits per heavy atom. The Hall–Kier alpha value is -1.40. The number of rotatable bonds is 5. The molecule has 1 aliphatic heterocycles. The molecule has 1 aromatic rings. The lowest BCUT2D eigenvalue weighted by Crippen LogP contribution is -2.51. The molecule has 3 rings (SSSR count). The van der Waals surface area contributed by atoms with E-state index in [9.17, 15) is 4.79 Å². The fourth-order valence-electron chi connectivity index (χ4n) is 4.07. The lowest BCUT2D eigenvalue weighted by Gasteiger charge is -2.36. The van der Waals surface area contributed by atoms with Crippen molar-refractivity contribution in [3.05, 3.63) is 17.5 Å². The van der Waals surface area contributed by atoms with Gasteiger partial charge < -0.3 is 9.84 Å². The zero-order chi connectivity index (χ0) is 17.8. The van der Waals surface area contributed by atoms with Crippen LogP contribution in [0.4, 0.5) is 0 Å². The smallest absolute Gasteiger partial charge is 0.234 e. The number of hydrogen-bond donors (Lipinski definition) is 1. The van der Waals surface area contributed by atoms with Gasteiger partial charge in [-0.05, 0) is 25.2 Å². The summed E-state index contributed by atoms with van der Waals surface area (Å²) >= 11 is 0. The Labute approximate surface area is 150 Å². The summed E-state index contributed by atoms with van der Waals surface area (Å²) in [5, 5.41) is 7.34. The van der Waals surface area contributed by atoms with Crippen molar-refractivity contribution < 1.29 is 9.32 Å². The number of hydrogen-bond acceptors (Lipinski definition) is 5. The summed E-state index contributed by atoms with van der Waals surface area (Å²) < 4.78 is 5.13. The first kappa shape index (κ1) is 18.4. The molecule has 3 atom stereocenters. The molecule has 1 saturated heterocycles. The second kappa shape index (κ2) is 8.32. The van der Waals surface area contributed by atoms with Gasteiger partial charge in [0.15, 0.2) is 0 Å². The lowest BCUT2D eigenvalue weighted by molar-refractivity contribution is -0.124. The fraction of sp³-hybridized carbons (Fsp3) is 0.789. The van der Waals surface area contributed by atoms with Crippen LogP contribution in [0.15, 0.2) is 10.6 Å². The predicted octanol–water partition coefficient (Wildman–Crippen LogP) is 2.04. The Bertz CT molecular complexity index is 566. The minimum Gasteiger partial charge on any atom is -0.361 e. The first-order chi connectivity index (χ1) is 12.0. The molecule has 1 aromatic heterocycles. The van der Waals surface area contributed by atoms with Gasteiger partial charge in [0.05, 0.1) is 12.2 Å². The van der Waals surface area contributed by atoms with Crippen LogP contribution in [0, 0.1) is 18.8 Å². The van der Waals surface area contributed by atoms with Crippen LogP contribution < -0.4 is 5.32 Å². The van der Waals surface area contributed by atoms with E-state index in [0.29, 0.717) is 24.4 Å². The van der Waals surface area contributed by atoms with Gasteiger partial charge in [-0.2, -0.15) is 0 Å². The van der Waals surface area contributed by atoms with Crippen molar-refractivity contribution in [3.63, 3.8) is 0 Å². The van der Waals surface area contributed by atoms with E-state index in [1.165, 1.54) is 12.8 Å². The average molecular weight is 348 g/mol. The minimum atomic E-state index is 0.187. The van der Waals surface area contributed by atoms with Gasteiger partial charge in [-0.25, -0.2) is 0 Å². The third-order valence-electron chi connectivity index (χ3n) is 5.95. The van der Waals surface area contributed by atoms with Crippen LogP contribution in [0.1, 0.15) is 44.6 Å². The van der Waals surface area contributed by atoms with Gasteiger partial charge in [0, 0.05) is 44.8 Å². The largest absolute Gasteiger partial charge is 0.361 e. The second-order valence-corrected chi connectivity index (χ2v) is 7.92. The molecule has 0 bridgehead atoms. The number of carbonyl (C=O) groups is 1. The first-order valence-corrected chi connectivity index (χ1v) is 9.67. The monoisotopic (exact) mass is 348 g/mol. The molecule has 2 aliphatic rings. The zero-order valence-electron chi connectivity index (χ0n) is 15.8. The third-order valence-corrected chi connectivity index (χ3v) is 5.95. The number of carbonyl (C=O) groups excluding carboxylic acids is 1. The van der Waals surface area contributed by atoms with E-state index in [1.54, 1.807) is 0 Å².